The quantitative estimate of drug-likeness (QED) is 0.150. The molecule has 0 amide bonds. The van der Waals surface area contributed by atoms with Crippen LogP contribution in [0.25, 0.3) is 21.9 Å². The fourth-order valence-electron chi connectivity index (χ4n) is 3.30. The molecule has 0 atom stereocenters. The molecular formula is C25H26Cl2SiZr-4. The molecule has 0 unspecified atom stereocenters. The van der Waals surface area contributed by atoms with Gasteiger partial charge in [-0.25, -0.2) is 0 Å². The molecule has 29 heavy (non-hydrogen) atoms. The summed E-state index contributed by atoms with van der Waals surface area (Å²) in [6.07, 6.45) is 1.05. The van der Waals surface area contributed by atoms with Crippen LogP contribution in [0.1, 0.15) is 16.7 Å². The summed E-state index contributed by atoms with van der Waals surface area (Å²) in [5.74, 6) is 0. The monoisotopic (exact) mass is 514 g/mol. The Bertz CT molecular complexity index is 918. The van der Waals surface area contributed by atoms with E-state index in [9.17, 15) is 0 Å². The molecule has 4 aromatic rings. The summed E-state index contributed by atoms with van der Waals surface area (Å²) in [6.45, 7) is 5.19. The van der Waals surface area contributed by atoms with Crippen molar-refractivity contribution >= 4 is 42.5 Å². The molecule has 4 aromatic carbocycles. The van der Waals surface area contributed by atoms with Crippen molar-refractivity contribution in [3.05, 3.63) is 116 Å². The Kier molecular flexibility index (Phi) is 15.4. The zero-order valence-electron chi connectivity index (χ0n) is 17.0. The van der Waals surface area contributed by atoms with Gasteiger partial charge >= 0.3 is 30.2 Å². The van der Waals surface area contributed by atoms with Gasteiger partial charge in [0.2, 0.25) is 0 Å². The average molecular weight is 517 g/mol. The van der Waals surface area contributed by atoms with Crippen molar-refractivity contribution in [2.75, 3.05) is 0 Å². The van der Waals surface area contributed by atoms with Gasteiger partial charge in [-0.15, -0.1) is 71.0 Å². The molecule has 0 nitrogen and oxygen atoms in total. The van der Waals surface area contributed by atoms with Crippen molar-refractivity contribution < 1.29 is 23.3 Å². The number of halogens is 2. The second-order valence-corrected chi connectivity index (χ2v) is 6.06. The van der Waals surface area contributed by atoms with Gasteiger partial charge in [-0.3, -0.25) is 0 Å². The first kappa shape index (κ1) is 30.1. The summed E-state index contributed by atoms with van der Waals surface area (Å²) in [6, 6.07) is 30.9. The van der Waals surface area contributed by atoms with E-state index in [2.05, 4.69) is 92.7 Å². The van der Waals surface area contributed by atoms with E-state index in [1.54, 1.807) is 0 Å². The minimum Gasteiger partial charge on any atom is -0.179 e. The summed E-state index contributed by atoms with van der Waals surface area (Å²) < 4.78 is 0. The van der Waals surface area contributed by atoms with Crippen LogP contribution in [0, 0.1) is 27.8 Å². The molecule has 152 valence electrons. The molecule has 0 saturated carbocycles. The molecule has 0 aromatic heterocycles. The third-order valence-corrected chi connectivity index (χ3v) is 4.38. The summed E-state index contributed by atoms with van der Waals surface area (Å²) >= 11 is 1.36. The molecular weight excluding hydrogens is 490 g/mol. The second kappa shape index (κ2) is 14.9. The molecule has 0 bridgehead atoms. The third-order valence-electron chi connectivity index (χ3n) is 4.38. The van der Waals surface area contributed by atoms with Crippen LogP contribution in [0.2, 0.25) is 0 Å². The Balaban J connectivity index is 0. The second-order valence-electron chi connectivity index (χ2n) is 6.06. The summed E-state index contributed by atoms with van der Waals surface area (Å²) in [5, 5.41) is 2.69. The maximum absolute atomic E-state index is 3.30. The smallest absolute Gasteiger partial charge is 0.0253 e. The molecule has 5 rings (SSSR count). The molecule has 0 N–H and O–H groups in total. The Morgan fingerprint density at radius 3 is 2.21 bits per heavy atom. The van der Waals surface area contributed by atoms with Crippen molar-refractivity contribution in [1.82, 2.24) is 0 Å². The van der Waals surface area contributed by atoms with Crippen LogP contribution in [-0.4, -0.2) is 6.88 Å². The van der Waals surface area contributed by atoms with Crippen molar-refractivity contribution in [3.8, 4) is 11.1 Å². The van der Waals surface area contributed by atoms with Gasteiger partial charge in [0.25, 0.3) is 0 Å². The zero-order valence-corrected chi connectivity index (χ0v) is 22.1. The van der Waals surface area contributed by atoms with Gasteiger partial charge in [0, 0.05) is 0 Å². The predicted octanol–water partition coefficient (Wildman–Crippen LogP) is 7.29. The van der Waals surface area contributed by atoms with Crippen LogP contribution in [-0.2, 0) is 29.8 Å². The summed E-state index contributed by atoms with van der Waals surface area (Å²) in [7, 11) is 0. The van der Waals surface area contributed by atoms with Gasteiger partial charge < -0.3 is 14.9 Å². The van der Waals surface area contributed by atoms with Gasteiger partial charge in [0.15, 0.2) is 0 Å². The van der Waals surface area contributed by atoms with E-state index in [1.807, 2.05) is 6.07 Å². The fourth-order valence-corrected chi connectivity index (χ4v) is 3.30. The van der Waals surface area contributed by atoms with Crippen LogP contribution in [0.15, 0.2) is 78.9 Å². The average Bonchev–Trinajstić information content (AvgIpc) is 3.23. The van der Waals surface area contributed by atoms with Crippen LogP contribution in [0.5, 0.6) is 0 Å². The standard InChI is InChI=1S/C13H9.C10H9.2CH3.2ClH.Si.Zr/c1-3-7-12-10(5-1)9-11-6-2-4-8-13(11)12;1-8-6-9-4-2-3-5-10(9)7-8;;;;;;/h1-5,7-8H,9H2;2-7H,1H3;2*1H3;2*1H;;/q4*-1;;;;. The first-order valence-corrected chi connectivity index (χ1v) is 12.4. The Morgan fingerprint density at radius 2 is 1.48 bits per heavy atom. The number of rotatable bonds is 0. The SMILES string of the molecule is Cc1cc2ccccc2[cH-]1.Cl.Cl.[CH3-].[CH3-].[Si]=[Zr].[c-]1cccc2c1Cc1ccccc1-2. The molecule has 0 spiro atoms. The van der Waals surface area contributed by atoms with Gasteiger partial charge in [-0.1, -0.05) is 48.4 Å². The number of benzene rings is 3. The largest absolute Gasteiger partial charge is 0.179 e. The Labute approximate surface area is 205 Å². The van der Waals surface area contributed by atoms with Crippen molar-refractivity contribution in [2.45, 2.75) is 13.3 Å². The van der Waals surface area contributed by atoms with Crippen LogP contribution >= 0.6 is 24.8 Å². The summed E-state index contributed by atoms with van der Waals surface area (Å²) in [5.41, 5.74) is 6.86. The molecule has 1 aliphatic rings. The van der Waals surface area contributed by atoms with E-state index in [0.29, 0.717) is 0 Å². The maximum Gasteiger partial charge on any atom is -0.0253 e. The molecule has 1 aliphatic carbocycles. The van der Waals surface area contributed by atoms with Crippen molar-refractivity contribution in [3.63, 3.8) is 0 Å². The molecule has 4 heteroatoms. The predicted molar refractivity (Wildman–Crippen MR) is 131 cm³/mol. The number of hydrogen-bond acceptors (Lipinski definition) is 0. The number of aryl methyl sites for hydroxylation is 1. The minimum absolute atomic E-state index is 0. The van der Waals surface area contributed by atoms with Crippen LogP contribution in [0.4, 0.5) is 0 Å². The molecule has 0 fully saturated rings. The maximum atomic E-state index is 3.30. The van der Waals surface area contributed by atoms with Crippen molar-refractivity contribution in [2.24, 2.45) is 0 Å². The zero-order chi connectivity index (χ0) is 17.6. The molecule has 0 heterocycles. The Morgan fingerprint density at radius 1 is 0.862 bits per heavy atom. The van der Waals surface area contributed by atoms with E-state index in [1.165, 1.54) is 61.9 Å². The van der Waals surface area contributed by atoms with E-state index in [4.69, 9.17) is 0 Å². The van der Waals surface area contributed by atoms with E-state index in [0.717, 1.165) is 6.42 Å². The number of hydrogen-bond donors (Lipinski definition) is 0. The first-order chi connectivity index (χ1) is 12.3. The first-order valence-electron chi connectivity index (χ1n) is 8.26. The van der Waals surface area contributed by atoms with E-state index >= 15 is 0 Å². The molecule has 2 radical (unpaired) electrons. The van der Waals surface area contributed by atoms with Crippen LogP contribution < -0.4 is 0 Å². The van der Waals surface area contributed by atoms with Crippen LogP contribution in [0.3, 0.4) is 0 Å². The van der Waals surface area contributed by atoms with E-state index in [-0.39, 0.29) is 39.7 Å². The molecule has 0 saturated heterocycles. The van der Waals surface area contributed by atoms with Gasteiger partial charge in [0.05, 0.1) is 0 Å². The molecule has 0 aliphatic heterocycles. The topological polar surface area (TPSA) is 0 Å². The van der Waals surface area contributed by atoms with E-state index < -0.39 is 0 Å². The normalized spacial score (nSPS) is 9.24. The third kappa shape index (κ3) is 7.30. The fraction of sp³-hybridized carbons (Fsp3) is 0.0800. The summed E-state index contributed by atoms with van der Waals surface area (Å²) in [4.78, 5) is 0. The van der Waals surface area contributed by atoms with Crippen molar-refractivity contribution in [1.29, 1.82) is 0 Å². The van der Waals surface area contributed by atoms with Gasteiger partial charge in [0.1, 0.15) is 0 Å². The Hall–Kier alpha value is -1.05. The number of fused-ring (bicyclic) bond motifs is 4. The van der Waals surface area contributed by atoms with Gasteiger partial charge in [-0.2, -0.15) is 35.9 Å². The van der Waals surface area contributed by atoms with Gasteiger partial charge in [-0.05, 0) is 6.42 Å². The minimum atomic E-state index is 0.